The number of urea groups is 1. The Morgan fingerprint density at radius 2 is 1.41 bits per heavy atom. The lowest BCUT2D eigenvalue weighted by molar-refractivity contribution is -0.137. The summed E-state index contributed by atoms with van der Waals surface area (Å²) in [5.41, 5.74) is 0.380. The van der Waals surface area contributed by atoms with Crippen LogP contribution in [0.25, 0.3) is 0 Å². The first-order chi connectivity index (χ1) is 16.1. The number of amides is 2. The number of anilines is 3. The van der Waals surface area contributed by atoms with Crippen molar-refractivity contribution in [2.24, 2.45) is 0 Å². The average Bonchev–Trinajstić information content (AvgIpc) is 2.78. The van der Waals surface area contributed by atoms with Crippen molar-refractivity contribution < 1.29 is 26.7 Å². The Hall–Kier alpha value is -3.33. The highest BCUT2D eigenvalue weighted by Crippen LogP contribution is 2.36. The fourth-order valence-corrected chi connectivity index (χ4v) is 3.47. The number of rotatable bonds is 8. The summed E-state index contributed by atoms with van der Waals surface area (Å²) in [6.07, 6.45) is -3.46. The van der Waals surface area contributed by atoms with Crippen molar-refractivity contribution in [3.8, 4) is 0 Å². The van der Waals surface area contributed by atoms with Crippen LogP contribution in [0.1, 0.15) is 18.4 Å². The van der Waals surface area contributed by atoms with Crippen LogP contribution >= 0.6 is 11.6 Å². The van der Waals surface area contributed by atoms with Crippen LogP contribution in [-0.2, 0) is 6.18 Å². The molecule has 0 spiro atoms. The van der Waals surface area contributed by atoms with Gasteiger partial charge in [-0.3, -0.25) is 0 Å². The van der Waals surface area contributed by atoms with Gasteiger partial charge in [0.05, 0.1) is 10.6 Å². The van der Waals surface area contributed by atoms with Gasteiger partial charge in [0, 0.05) is 30.2 Å². The Bertz CT molecular complexity index is 1060. The van der Waals surface area contributed by atoms with Crippen LogP contribution in [0.3, 0.4) is 0 Å². The molecule has 180 valence electrons. The van der Waals surface area contributed by atoms with Gasteiger partial charge in [0.15, 0.2) is 0 Å². The zero-order chi connectivity index (χ0) is 24.7. The van der Waals surface area contributed by atoms with Gasteiger partial charge in [-0.1, -0.05) is 11.6 Å². The standard InChI is InChI=1S/C24H21ClF5N3O/c25-22-12-7-18(15-21(22)24(28,29)30)32-23(34)31-13-1-2-14-33(19-8-3-16(26)4-9-19)20-10-5-17(27)6-11-20/h3-12,15H,1-2,13-14H2,(H2,31,32,34). The van der Waals surface area contributed by atoms with Crippen LogP contribution in [0.4, 0.5) is 43.8 Å². The van der Waals surface area contributed by atoms with Crippen molar-refractivity contribution in [2.75, 3.05) is 23.3 Å². The molecule has 0 fully saturated rings. The highest BCUT2D eigenvalue weighted by molar-refractivity contribution is 6.31. The Kier molecular flexibility index (Phi) is 8.33. The SMILES string of the molecule is O=C(NCCCCN(c1ccc(F)cc1)c1ccc(F)cc1)Nc1ccc(Cl)c(C(F)(F)F)c1. The van der Waals surface area contributed by atoms with Gasteiger partial charge >= 0.3 is 12.2 Å². The summed E-state index contributed by atoms with van der Waals surface area (Å²) in [4.78, 5) is 13.9. The molecule has 0 aliphatic heterocycles. The van der Waals surface area contributed by atoms with E-state index < -0.39 is 22.8 Å². The van der Waals surface area contributed by atoms with Gasteiger partial charge < -0.3 is 15.5 Å². The first-order valence-corrected chi connectivity index (χ1v) is 10.7. The Morgan fingerprint density at radius 1 is 0.853 bits per heavy atom. The number of carbonyl (C=O) groups excluding carboxylic acids is 1. The van der Waals surface area contributed by atoms with Crippen LogP contribution in [0.15, 0.2) is 66.7 Å². The van der Waals surface area contributed by atoms with Crippen LogP contribution in [-0.4, -0.2) is 19.1 Å². The molecule has 0 aliphatic rings. The van der Waals surface area contributed by atoms with Crippen molar-refractivity contribution >= 4 is 34.7 Å². The zero-order valence-electron chi connectivity index (χ0n) is 17.8. The molecule has 0 unspecified atom stereocenters. The van der Waals surface area contributed by atoms with E-state index in [1.165, 1.54) is 30.3 Å². The fourth-order valence-electron chi connectivity index (χ4n) is 3.24. The van der Waals surface area contributed by atoms with E-state index in [1.807, 2.05) is 4.90 Å². The molecule has 3 aromatic carbocycles. The number of nitrogens with zero attached hydrogens (tertiary/aromatic N) is 1. The van der Waals surface area contributed by atoms with Gasteiger partial charge in [0.2, 0.25) is 0 Å². The molecule has 0 bridgehead atoms. The number of nitrogens with one attached hydrogen (secondary N) is 2. The molecule has 4 nitrogen and oxygen atoms in total. The fraction of sp³-hybridized carbons (Fsp3) is 0.208. The van der Waals surface area contributed by atoms with Gasteiger partial charge in [-0.15, -0.1) is 0 Å². The Morgan fingerprint density at radius 3 is 1.94 bits per heavy atom. The normalized spacial score (nSPS) is 11.2. The first kappa shape index (κ1) is 25.3. The van der Waals surface area contributed by atoms with Crippen LogP contribution in [0, 0.1) is 11.6 Å². The maximum Gasteiger partial charge on any atom is 0.417 e. The monoisotopic (exact) mass is 497 g/mol. The maximum absolute atomic E-state index is 13.3. The molecule has 3 rings (SSSR count). The molecule has 3 aromatic rings. The summed E-state index contributed by atoms with van der Waals surface area (Å²) >= 11 is 5.58. The lowest BCUT2D eigenvalue weighted by atomic mass is 10.2. The van der Waals surface area contributed by atoms with E-state index in [1.54, 1.807) is 24.3 Å². The molecule has 0 saturated heterocycles. The summed E-state index contributed by atoms with van der Waals surface area (Å²) in [5.74, 6) is -0.748. The summed E-state index contributed by atoms with van der Waals surface area (Å²) in [6, 6.07) is 14.3. The van der Waals surface area contributed by atoms with Crippen molar-refractivity contribution in [1.82, 2.24) is 5.32 Å². The molecular weight excluding hydrogens is 477 g/mol. The van der Waals surface area contributed by atoms with Crippen molar-refractivity contribution in [3.05, 3.63) is 89.0 Å². The molecule has 0 radical (unpaired) electrons. The second kappa shape index (κ2) is 11.2. The Balaban J connectivity index is 1.52. The summed E-state index contributed by atoms with van der Waals surface area (Å²) < 4.78 is 65.5. The number of unbranched alkanes of at least 4 members (excludes halogenated alkanes) is 1. The predicted octanol–water partition coefficient (Wildman–Crippen LogP) is 7.38. The van der Waals surface area contributed by atoms with Crippen molar-refractivity contribution in [1.29, 1.82) is 0 Å². The van der Waals surface area contributed by atoms with Gasteiger partial charge in [-0.05, 0) is 79.6 Å². The highest BCUT2D eigenvalue weighted by Gasteiger charge is 2.33. The van der Waals surface area contributed by atoms with Crippen molar-refractivity contribution in [2.45, 2.75) is 19.0 Å². The quantitative estimate of drug-likeness (QED) is 0.252. The lowest BCUT2D eigenvalue weighted by Crippen LogP contribution is -2.30. The van der Waals surface area contributed by atoms with Crippen LogP contribution < -0.4 is 15.5 Å². The minimum atomic E-state index is -4.63. The number of benzene rings is 3. The molecule has 0 saturated carbocycles. The minimum Gasteiger partial charge on any atom is -0.341 e. The lowest BCUT2D eigenvalue weighted by Gasteiger charge is -2.25. The van der Waals surface area contributed by atoms with Gasteiger partial charge in [-0.2, -0.15) is 13.2 Å². The van der Waals surface area contributed by atoms with E-state index in [4.69, 9.17) is 11.6 Å². The summed E-state index contributed by atoms with van der Waals surface area (Å²) in [7, 11) is 0. The molecule has 0 aliphatic carbocycles. The maximum atomic E-state index is 13.3. The number of carbonyl (C=O) groups is 1. The minimum absolute atomic E-state index is 0.0342. The molecule has 0 aromatic heterocycles. The largest absolute Gasteiger partial charge is 0.417 e. The van der Waals surface area contributed by atoms with Gasteiger partial charge in [-0.25, -0.2) is 13.6 Å². The smallest absolute Gasteiger partial charge is 0.341 e. The van der Waals surface area contributed by atoms with E-state index in [-0.39, 0.29) is 23.9 Å². The van der Waals surface area contributed by atoms with E-state index in [0.29, 0.717) is 19.4 Å². The first-order valence-electron chi connectivity index (χ1n) is 10.3. The molecular formula is C24H21ClF5N3O. The zero-order valence-corrected chi connectivity index (χ0v) is 18.6. The molecule has 2 N–H and O–H groups in total. The molecule has 2 amide bonds. The molecule has 34 heavy (non-hydrogen) atoms. The molecule has 10 heteroatoms. The van der Waals surface area contributed by atoms with Crippen LogP contribution in [0.2, 0.25) is 5.02 Å². The second-order valence-corrected chi connectivity index (χ2v) is 7.79. The van der Waals surface area contributed by atoms with E-state index in [0.717, 1.165) is 23.5 Å². The molecule has 0 heterocycles. The number of hydrogen-bond donors (Lipinski definition) is 2. The van der Waals surface area contributed by atoms with Gasteiger partial charge in [0.1, 0.15) is 11.6 Å². The second-order valence-electron chi connectivity index (χ2n) is 7.38. The van der Waals surface area contributed by atoms with E-state index >= 15 is 0 Å². The van der Waals surface area contributed by atoms with Gasteiger partial charge in [0.25, 0.3) is 0 Å². The van der Waals surface area contributed by atoms with E-state index in [9.17, 15) is 26.7 Å². The van der Waals surface area contributed by atoms with Crippen LogP contribution in [0.5, 0.6) is 0 Å². The predicted molar refractivity (Wildman–Crippen MR) is 123 cm³/mol. The van der Waals surface area contributed by atoms with E-state index in [2.05, 4.69) is 10.6 Å². The summed E-state index contributed by atoms with van der Waals surface area (Å²) in [5, 5.41) is 4.49. The Labute approximate surface area is 198 Å². The third-order valence-corrected chi connectivity index (χ3v) is 5.23. The number of hydrogen-bond acceptors (Lipinski definition) is 2. The summed E-state index contributed by atoms with van der Waals surface area (Å²) in [6.45, 7) is 0.777. The molecule has 0 atom stereocenters. The third kappa shape index (κ3) is 7.08. The topological polar surface area (TPSA) is 44.4 Å². The number of alkyl halides is 3. The number of halogens is 6. The third-order valence-electron chi connectivity index (χ3n) is 4.90. The average molecular weight is 498 g/mol. The van der Waals surface area contributed by atoms with Crippen molar-refractivity contribution in [3.63, 3.8) is 0 Å². The highest BCUT2D eigenvalue weighted by atomic mass is 35.5.